The normalized spacial score (nSPS) is 11.9. The van der Waals surface area contributed by atoms with Gasteiger partial charge in [0.25, 0.3) is 0 Å². The van der Waals surface area contributed by atoms with Gasteiger partial charge in [0.2, 0.25) is 5.91 Å². The number of primary amides is 1. The quantitative estimate of drug-likeness (QED) is 0.854. The van der Waals surface area contributed by atoms with Crippen molar-refractivity contribution in [2.24, 2.45) is 5.73 Å². The Morgan fingerprint density at radius 1 is 1.14 bits per heavy atom. The van der Waals surface area contributed by atoms with Crippen LogP contribution in [0.3, 0.4) is 0 Å². The Bertz CT molecular complexity index is 597. The first-order chi connectivity index (χ1) is 10.1. The molecule has 0 fully saturated rings. The second-order valence-electron chi connectivity index (χ2n) is 4.60. The van der Waals surface area contributed by atoms with Crippen molar-refractivity contribution in [1.82, 2.24) is 5.32 Å². The number of nitrogens with two attached hydrogens (primary N) is 1. The van der Waals surface area contributed by atoms with Gasteiger partial charge in [-0.15, -0.1) is 0 Å². The fourth-order valence-electron chi connectivity index (χ4n) is 2.08. The predicted octanol–water partition coefficient (Wildman–Crippen LogP) is 2.00. The Morgan fingerprint density at radius 3 is 2.14 bits per heavy atom. The number of nitrogens with one attached hydrogen (secondary N) is 1. The first kappa shape index (κ1) is 15.0. The first-order valence-electron chi connectivity index (χ1n) is 6.51. The molecule has 0 unspecified atom stereocenters. The van der Waals surface area contributed by atoms with E-state index in [0.29, 0.717) is 0 Å². The molecule has 110 valence electrons. The topological polar surface area (TPSA) is 64.3 Å². The molecule has 1 atom stereocenters. The van der Waals surface area contributed by atoms with Crippen molar-refractivity contribution < 1.29 is 13.9 Å². The average Bonchev–Trinajstić information content (AvgIpc) is 2.49. The van der Waals surface area contributed by atoms with Crippen molar-refractivity contribution in [3.63, 3.8) is 0 Å². The van der Waals surface area contributed by atoms with Crippen molar-refractivity contribution in [2.45, 2.75) is 6.04 Å². The van der Waals surface area contributed by atoms with E-state index in [2.05, 4.69) is 5.32 Å². The van der Waals surface area contributed by atoms with E-state index in [9.17, 15) is 9.18 Å². The van der Waals surface area contributed by atoms with Crippen LogP contribution in [-0.2, 0) is 4.79 Å². The Hall–Kier alpha value is -2.40. The number of ether oxygens (including phenoxy) is 1. The highest BCUT2D eigenvalue weighted by Gasteiger charge is 2.14. The molecule has 0 aliphatic heterocycles. The number of amides is 1. The van der Waals surface area contributed by atoms with Crippen LogP contribution in [0.15, 0.2) is 48.5 Å². The fourth-order valence-corrected chi connectivity index (χ4v) is 2.08. The SMILES string of the molecule is COc1ccc([C@H](NCC(N)=O)c2ccc(F)cc2)cc1. The van der Waals surface area contributed by atoms with Crippen LogP contribution in [0.25, 0.3) is 0 Å². The minimum Gasteiger partial charge on any atom is -0.497 e. The van der Waals surface area contributed by atoms with Crippen LogP contribution in [0.5, 0.6) is 5.75 Å². The summed E-state index contributed by atoms with van der Waals surface area (Å²) < 4.78 is 18.2. The van der Waals surface area contributed by atoms with Crippen LogP contribution >= 0.6 is 0 Å². The maximum atomic E-state index is 13.1. The molecule has 0 saturated carbocycles. The number of hydrogen-bond donors (Lipinski definition) is 2. The van der Waals surface area contributed by atoms with Gasteiger partial charge in [-0.25, -0.2) is 4.39 Å². The van der Waals surface area contributed by atoms with Crippen LogP contribution in [0.4, 0.5) is 4.39 Å². The van der Waals surface area contributed by atoms with Crippen LogP contribution in [0.1, 0.15) is 17.2 Å². The Morgan fingerprint density at radius 2 is 1.67 bits per heavy atom. The molecule has 21 heavy (non-hydrogen) atoms. The molecule has 0 heterocycles. The number of carbonyl (C=O) groups is 1. The lowest BCUT2D eigenvalue weighted by atomic mass is 9.98. The smallest absolute Gasteiger partial charge is 0.231 e. The zero-order valence-electron chi connectivity index (χ0n) is 11.7. The van der Waals surface area contributed by atoms with Crippen LogP contribution in [0, 0.1) is 5.82 Å². The van der Waals surface area contributed by atoms with E-state index in [0.717, 1.165) is 16.9 Å². The number of methoxy groups -OCH3 is 1. The second kappa shape index (κ2) is 6.85. The summed E-state index contributed by atoms with van der Waals surface area (Å²) in [5.74, 6) is -0.00994. The first-order valence-corrected chi connectivity index (χ1v) is 6.51. The van der Waals surface area contributed by atoms with Gasteiger partial charge >= 0.3 is 0 Å². The molecule has 0 spiro atoms. The minimum absolute atomic E-state index is 0.0358. The number of benzene rings is 2. The van der Waals surface area contributed by atoms with Crippen molar-refractivity contribution in [3.8, 4) is 5.75 Å². The van der Waals surface area contributed by atoms with E-state index >= 15 is 0 Å². The van der Waals surface area contributed by atoms with Crippen LogP contribution in [0.2, 0.25) is 0 Å². The molecule has 0 aliphatic carbocycles. The van der Waals surface area contributed by atoms with Crippen molar-refractivity contribution >= 4 is 5.91 Å². The molecule has 0 radical (unpaired) electrons. The third kappa shape index (κ3) is 4.03. The molecule has 1 amide bonds. The van der Waals surface area contributed by atoms with Crippen molar-refractivity contribution in [2.75, 3.05) is 13.7 Å². The fraction of sp³-hybridized carbons (Fsp3) is 0.188. The highest BCUT2D eigenvalue weighted by molar-refractivity contribution is 5.76. The lowest BCUT2D eigenvalue weighted by Gasteiger charge is -2.19. The van der Waals surface area contributed by atoms with Gasteiger partial charge in [0.1, 0.15) is 11.6 Å². The summed E-state index contributed by atoms with van der Waals surface area (Å²) in [4.78, 5) is 11.0. The molecular formula is C16H17FN2O2. The maximum absolute atomic E-state index is 13.1. The summed E-state index contributed by atoms with van der Waals surface area (Å²) in [6.45, 7) is 0.0358. The molecule has 0 aliphatic rings. The van der Waals surface area contributed by atoms with E-state index in [1.54, 1.807) is 19.2 Å². The summed E-state index contributed by atoms with van der Waals surface area (Å²) in [7, 11) is 1.60. The van der Waals surface area contributed by atoms with Gasteiger partial charge in [-0.05, 0) is 35.4 Å². The summed E-state index contributed by atoms with van der Waals surface area (Å²) in [5.41, 5.74) is 6.97. The van der Waals surface area contributed by atoms with Gasteiger partial charge in [0.15, 0.2) is 0 Å². The molecule has 2 aromatic rings. The predicted molar refractivity (Wildman–Crippen MR) is 78.4 cm³/mol. The van der Waals surface area contributed by atoms with Crippen molar-refractivity contribution in [1.29, 1.82) is 0 Å². The molecular weight excluding hydrogens is 271 g/mol. The third-order valence-corrected chi connectivity index (χ3v) is 3.13. The monoisotopic (exact) mass is 288 g/mol. The molecule has 4 nitrogen and oxygen atoms in total. The Labute approximate surface area is 122 Å². The molecule has 0 saturated heterocycles. The standard InChI is InChI=1S/C16H17FN2O2/c1-21-14-8-4-12(5-9-14)16(19-10-15(18)20)11-2-6-13(17)7-3-11/h2-9,16,19H,10H2,1H3,(H2,18,20)/t16-/m1/s1. The number of halogens is 1. The van der Waals surface area contributed by atoms with E-state index < -0.39 is 5.91 Å². The number of rotatable bonds is 6. The number of hydrogen-bond acceptors (Lipinski definition) is 3. The molecule has 2 aromatic carbocycles. The molecule has 2 rings (SSSR count). The van der Waals surface area contributed by atoms with Gasteiger partial charge in [-0.2, -0.15) is 0 Å². The largest absolute Gasteiger partial charge is 0.497 e. The third-order valence-electron chi connectivity index (χ3n) is 3.13. The van der Waals surface area contributed by atoms with E-state index in [-0.39, 0.29) is 18.4 Å². The van der Waals surface area contributed by atoms with Crippen LogP contribution in [-0.4, -0.2) is 19.6 Å². The van der Waals surface area contributed by atoms with Gasteiger partial charge in [0, 0.05) is 0 Å². The highest BCUT2D eigenvalue weighted by atomic mass is 19.1. The van der Waals surface area contributed by atoms with Gasteiger partial charge in [-0.1, -0.05) is 24.3 Å². The zero-order valence-corrected chi connectivity index (χ0v) is 11.7. The lowest BCUT2D eigenvalue weighted by Crippen LogP contribution is -2.32. The maximum Gasteiger partial charge on any atom is 0.231 e. The zero-order chi connectivity index (χ0) is 15.2. The Kier molecular flexibility index (Phi) is 4.90. The lowest BCUT2D eigenvalue weighted by molar-refractivity contribution is -0.117. The van der Waals surface area contributed by atoms with Crippen LogP contribution < -0.4 is 15.8 Å². The second-order valence-corrected chi connectivity index (χ2v) is 4.60. The van der Waals surface area contributed by atoms with Gasteiger partial charge < -0.3 is 10.5 Å². The van der Waals surface area contributed by atoms with E-state index in [1.165, 1.54) is 12.1 Å². The summed E-state index contributed by atoms with van der Waals surface area (Å²) in [5, 5.41) is 3.07. The highest BCUT2D eigenvalue weighted by Crippen LogP contribution is 2.24. The van der Waals surface area contributed by atoms with Gasteiger partial charge in [0.05, 0.1) is 19.7 Å². The molecule has 0 aromatic heterocycles. The Balaban J connectivity index is 2.29. The molecule has 3 N–H and O–H groups in total. The summed E-state index contributed by atoms with van der Waals surface area (Å²) in [6.07, 6.45) is 0. The minimum atomic E-state index is -0.448. The average molecular weight is 288 g/mol. The number of carbonyl (C=O) groups excluding carboxylic acids is 1. The van der Waals surface area contributed by atoms with Gasteiger partial charge in [-0.3, -0.25) is 10.1 Å². The summed E-state index contributed by atoms with van der Waals surface area (Å²) in [6, 6.07) is 13.3. The molecule has 5 heteroatoms. The van der Waals surface area contributed by atoms with Crippen molar-refractivity contribution in [3.05, 3.63) is 65.5 Å². The van der Waals surface area contributed by atoms with E-state index in [4.69, 9.17) is 10.5 Å². The summed E-state index contributed by atoms with van der Waals surface area (Å²) >= 11 is 0. The van der Waals surface area contributed by atoms with E-state index in [1.807, 2.05) is 24.3 Å². The molecule has 0 bridgehead atoms.